The minimum Gasteiger partial charge on any atom is -0.398 e. The predicted octanol–water partition coefficient (Wildman–Crippen LogP) is 1.42. The van der Waals surface area contributed by atoms with Crippen molar-refractivity contribution in [2.24, 2.45) is 0 Å². The van der Waals surface area contributed by atoms with E-state index in [-0.39, 0.29) is 17.0 Å². The number of nitrogens with one attached hydrogen (secondary N) is 1. The maximum absolute atomic E-state index is 12.4. The summed E-state index contributed by atoms with van der Waals surface area (Å²) in [6.45, 7) is 4.24. The number of anilines is 1. The number of rotatable bonds is 4. The highest BCUT2D eigenvalue weighted by Gasteiger charge is 2.27. The summed E-state index contributed by atoms with van der Waals surface area (Å²) in [5, 5.41) is 0. The van der Waals surface area contributed by atoms with Crippen molar-refractivity contribution < 1.29 is 13.2 Å². The first-order chi connectivity index (χ1) is 8.92. The molecule has 0 bridgehead atoms. The molecule has 0 amide bonds. The Bertz CT molecular complexity index is 551. The van der Waals surface area contributed by atoms with E-state index in [2.05, 4.69) is 4.72 Å². The van der Waals surface area contributed by atoms with E-state index in [1.165, 1.54) is 0 Å². The van der Waals surface area contributed by atoms with Crippen molar-refractivity contribution in [3.8, 4) is 0 Å². The second kappa shape index (κ2) is 5.48. The van der Waals surface area contributed by atoms with Crippen LogP contribution in [0.15, 0.2) is 23.1 Å². The molecule has 2 rings (SSSR count). The highest BCUT2D eigenvalue weighted by Crippen LogP contribution is 2.22. The highest BCUT2D eigenvalue weighted by atomic mass is 32.2. The molecule has 19 heavy (non-hydrogen) atoms. The lowest BCUT2D eigenvalue weighted by molar-refractivity contribution is 0.0902. The Balaban J connectivity index is 2.20. The van der Waals surface area contributed by atoms with E-state index in [0.29, 0.717) is 17.9 Å². The standard InChI is InChI=1S/C13H20N2O3S/c1-9-11(14)5-3-7-13(9)19(16,17)15-10(2)12-6-4-8-18-12/h3,5,7,10,12,15H,4,6,8,14H2,1-2H3. The van der Waals surface area contributed by atoms with Crippen LogP contribution in [0.4, 0.5) is 5.69 Å². The summed E-state index contributed by atoms with van der Waals surface area (Å²) in [4.78, 5) is 0.234. The number of ether oxygens (including phenoxy) is 1. The van der Waals surface area contributed by atoms with Crippen LogP contribution in [0.3, 0.4) is 0 Å². The summed E-state index contributed by atoms with van der Waals surface area (Å²) < 4.78 is 32.9. The number of nitrogen functional groups attached to an aromatic ring is 1. The fourth-order valence-corrected chi connectivity index (χ4v) is 3.85. The van der Waals surface area contributed by atoms with Crippen LogP contribution in [0.25, 0.3) is 0 Å². The van der Waals surface area contributed by atoms with Crippen molar-refractivity contribution in [2.45, 2.75) is 43.7 Å². The van der Waals surface area contributed by atoms with E-state index in [1.54, 1.807) is 25.1 Å². The van der Waals surface area contributed by atoms with Gasteiger partial charge in [-0.2, -0.15) is 0 Å². The fraction of sp³-hybridized carbons (Fsp3) is 0.538. The van der Waals surface area contributed by atoms with Crippen LogP contribution >= 0.6 is 0 Å². The Morgan fingerprint density at radius 1 is 1.47 bits per heavy atom. The molecule has 1 aromatic rings. The lowest BCUT2D eigenvalue weighted by Crippen LogP contribution is -2.41. The van der Waals surface area contributed by atoms with Crippen molar-refractivity contribution in [1.29, 1.82) is 0 Å². The third-order valence-electron chi connectivity index (χ3n) is 3.48. The molecule has 2 atom stereocenters. The number of hydrogen-bond donors (Lipinski definition) is 2. The molecule has 6 heteroatoms. The molecule has 5 nitrogen and oxygen atoms in total. The van der Waals surface area contributed by atoms with Crippen LogP contribution in [-0.2, 0) is 14.8 Å². The number of hydrogen-bond acceptors (Lipinski definition) is 4. The van der Waals surface area contributed by atoms with Crippen molar-refractivity contribution in [2.75, 3.05) is 12.3 Å². The third-order valence-corrected chi connectivity index (χ3v) is 5.18. The van der Waals surface area contributed by atoms with Gasteiger partial charge in [0.05, 0.1) is 11.0 Å². The monoisotopic (exact) mass is 284 g/mol. The van der Waals surface area contributed by atoms with Crippen LogP contribution in [-0.4, -0.2) is 27.2 Å². The van der Waals surface area contributed by atoms with Gasteiger partial charge in [-0.15, -0.1) is 0 Å². The predicted molar refractivity (Wildman–Crippen MR) is 74.3 cm³/mol. The highest BCUT2D eigenvalue weighted by molar-refractivity contribution is 7.89. The van der Waals surface area contributed by atoms with E-state index < -0.39 is 10.0 Å². The molecule has 0 saturated carbocycles. The van der Waals surface area contributed by atoms with Crippen molar-refractivity contribution in [3.63, 3.8) is 0 Å². The van der Waals surface area contributed by atoms with E-state index in [9.17, 15) is 8.42 Å². The Kier molecular flexibility index (Phi) is 4.13. The summed E-state index contributed by atoms with van der Waals surface area (Å²) in [5.74, 6) is 0. The Labute approximate surface area is 114 Å². The number of benzene rings is 1. The van der Waals surface area contributed by atoms with Crippen LogP contribution in [0.2, 0.25) is 0 Å². The molecule has 1 fully saturated rings. The van der Waals surface area contributed by atoms with Gasteiger partial charge in [0.2, 0.25) is 10.0 Å². The van der Waals surface area contributed by atoms with Crippen molar-refractivity contribution in [3.05, 3.63) is 23.8 Å². The normalized spacial score (nSPS) is 21.5. The molecular weight excluding hydrogens is 264 g/mol. The zero-order valence-corrected chi connectivity index (χ0v) is 12.0. The minimum atomic E-state index is -3.56. The molecule has 1 saturated heterocycles. The van der Waals surface area contributed by atoms with Crippen molar-refractivity contribution >= 4 is 15.7 Å². The van der Waals surface area contributed by atoms with Gasteiger partial charge < -0.3 is 10.5 Å². The second-order valence-electron chi connectivity index (χ2n) is 4.93. The Morgan fingerprint density at radius 3 is 2.84 bits per heavy atom. The van der Waals surface area contributed by atoms with Crippen LogP contribution in [0, 0.1) is 6.92 Å². The van der Waals surface area contributed by atoms with Gasteiger partial charge in [0.1, 0.15) is 0 Å². The van der Waals surface area contributed by atoms with E-state index in [4.69, 9.17) is 10.5 Å². The molecule has 3 N–H and O–H groups in total. The zero-order valence-electron chi connectivity index (χ0n) is 11.2. The molecule has 1 aromatic carbocycles. The lowest BCUT2D eigenvalue weighted by atomic mass is 10.1. The molecule has 1 aliphatic rings. The maximum atomic E-state index is 12.4. The molecule has 0 aliphatic carbocycles. The van der Waals surface area contributed by atoms with Crippen molar-refractivity contribution in [1.82, 2.24) is 4.72 Å². The zero-order chi connectivity index (χ0) is 14.0. The topological polar surface area (TPSA) is 81.4 Å². The molecule has 0 spiro atoms. The Morgan fingerprint density at radius 2 is 2.21 bits per heavy atom. The first-order valence-corrected chi connectivity index (χ1v) is 7.89. The molecule has 0 radical (unpaired) electrons. The molecule has 106 valence electrons. The van der Waals surface area contributed by atoms with Gasteiger partial charge in [0, 0.05) is 18.3 Å². The number of nitrogens with two attached hydrogens (primary N) is 1. The van der Waals surface area contributed by atoms with Gasteiger partial charge >= 0.3 is 0 Å². The Hall–Kier alpha value is -1.11. The van der Waals surface area contributed by atoms with E-state index >= 15 is 0 Å². The fourth-order valence-electron chi connectivity index (χ4n) is 2.30. The van der Waals surface area contributed by atoms with Gasteiger partial charge in [-0.1, -0.05) is 6.07 Å². The summed E-state index contributed by atoms with van der Waals surface area (Å²) in [6, 6.07) is 4.66. The molecule has 0 aromatic heterocycles. The third kappa shape index (κ3) is 3.08. The van der Waals surface area contributed by atoms with E-state index in [1.807, 2.05) is 6.92 Å². The first kappa shape index (κ1) is 14.3. The van der Waals surface area contributed by atoms with Crippen LogP contribution < -0.4 is 10.5 Å². The van der Waals surface area contributed by atoms with E-state index in [0.717, 1.165) is 12.8 Å². The van der Waals surface area contributed by atoms with Gasteiger partial charge in [-0.05, 0) is 44.4 Å². The largest absolute Gasteiger partial charge is 0.398 e. The molecule has 1 aliphatic heterocycles. The molecule has 1 heterocycles. The smallest absolute Gasteiger partial charge is 0.241 e. The molecule has 2 unspecified atom stereocenters. The van der Waals surface area contributed by atoms with Crippen LogP contribution in [0.5, 0.6) is 0 Å². The average molecular weight is 284 g/mol. The average Bonchev–Trinajstić information content (AvgIpc) is 2.85. The minimum absolute atomic E-state index is 0.0452. The second-order valence-corrected chi connectivity index (χ2v) is 6.61. The summed E-state index contributed by atoms with van der Waals surface area (Å²) in [5.41, 5.74) is 6.81. The summed E-state index contributed by atoms with van der Waals surface area (Å²) >= 11 is 0. The summed E-state index contributed by atoms with van der Waals surface area (Å²) in [7, 11) is -3.56. The van der Waals surface area contributed by atoms with Crippen LogP contribution in [0.1, 0.15) is 25.3 Å². The lowest BCUT2D eigenvalue weighted by Gasteiger charge is -2.20. The molecular formula is C13H20N2O3S. The number of sulfonamides is 1. The summed E-state index contributed by atoms with van der Waals surface area (Å²) in [6.07, 6.45) is 1.82. The van der Waals surface area contributed by atoms with Gasteiger partial charge in [0.15, 0.2) is 0 Å². The van der Waals surface area contributed by atoms with Gasteiger partial charge in [-0.3, -0.25) is 0 Å². The SMILES string of the molecule is Cc1c(N)cccc1S(=O)(=O)NC(C)C1CCCO1. The quantitative estimate of drug-likeness (QED) is 0.819. The van der Waals surface area contributed by atoms with Gasteiger partial charge in [-0.25, -0.2) is 13.1 Å². The first-order valence-electron chi connectivity index (χ1n) is 6.41. The maximum Gasteiger partial charge on any atom is 0.241 e. The van der Waals surface area contributed by atoms with Gasteiger partial charge in [0.25, 0.3) is 0 Å².